The van der Waals surface area contributed by atoms with Gasteiger partial charge in [0.15, 0.2) is 0 Å². The number of methoxy groups -OCH3 is 1. The molecule has 2 aromatic heterocycles. The van der Waals surface area contributed by atoms with Gasteiger partial charge in [0.05, 0.1) is 13.3 Å². The summed E-state index contributed by atoms with van der Waals surface area (Å²) in [5, 5.41) is 4.30. The number of rotatable bonds is 3. The van der Waals surface area contributed by atoms with Crippen LogP contribution in [0.3, 0.4) is 0 Å². The van der Waals surface area contributed by atoms with Crippen LogP contribution in [0.1, 0.15) is 34.6 Å². The van der Waals surface area contributed by atoms with Gasteiger partial charge in [-0.2, -0.15) is 9.78 Å². The molecule has 0 bridgehead atoms. The highest BCUT2D eigenvalue weighted by Gasteiger charge is 2.25. The second kappa shape index (κ2) is 6.71. The number of ether oxygens (including phenoxy) is 1. The number of aromatic nitrogens is 4. The van der Waals surface area contributed by atoms with Gasteiger partial charge in [-0.25, -0.2) is 9.97 Å². The van der Waals surface area contributed by atoms with E-state index in [2.05, 4.69) is 28.1 Å². The lowest BCUT2D eigenvalue weighted by Gasteiger charge is -2.26. The molecule has 0 amide bonds. The molecule has 0 N–H and O–H groups in total. The first-order valence-electron chi connectivity index (χ1n) is 8.70. The molecule has 0 radical (unpaired) electrons. The van der Waals surface area contributed by atoms with Crippen molar-refractivity contribution < 1.29 is 4.74 Å². The molecule has 4 rings (SSSR count). The van der Waals surface area contributed by atoms with Crippen molar-refractivity contribution in [2.75, 3.05) is 7.11 Å². The molecule has 0 spiro atoms. The molecule has 6 nitrogen and oxygen atoms in total. The summed E-state index contributed by atoms with van der Waals surface area (Å²) >= 11 is 0. The van der Waals surface area contributed by atoms with Gasteiger partial charge in [-0.05, 0) is 60.9 Å². The smallest absolute Gasteiger partial charge is 0.277 e. The fourth-order valence-electron chi connectivity index (χ4n) is 3.76. The van der Waals surface area contributed by atoms with Crippen LogP contribution >= 0.6 is 0 Å². The molecule has 1 atom stereocenters. The standard InChI is InChI=1S/C20H20N4O2/c1-13-16(5-3-6-18(13)26-2)14-7-8-17-15(11-14)12-23-24(19(17)25)20-21-9-4-10-22-20/h3-6,9-10,12,14H,7-8,11H2,1-2H3. The molecule has 2 heterocycles. The van der Waals surface area contributed by atoms with Crippen molar-refractivity contribution in [3.8, 4) is 11.7 Å². The third kappa shape index (κ3) is 2.77. The molecule has 26 heavy (non-hydrogen) atoms. The number of hydrogen-bond acceptors (Lipinski definition) is 5. The van der Waals surface area contributed by atoms with Crippen molar-refractivity contribution in [3.05, 3.63) is 75.5 Å². The summed E-state index contributed by atoms with van der Waals surface area (Å²) in [7, 11) is 1.69. The monoisotopic (exact) mass is 348 g/mol. The summed E-state index contributed by atoms with van der Waals surface area (Å²) in [5.74, 6) is 1.58. The minimum atomic E-state index is -0.116. The molecule has 1 unspecified atom stereocenters. The zero-order valence-corrected chi connectivity index (χ0v) is 14.8. The van der Waals surface area contributed by atoms with E-state index in [4.69, 9.17) is 4.74 Å². The lowest BCUT2D eigenvalue weighted by molar-refractivity contribution is 0.409. The Hall–Kier alpha value is -3.02. The van der Waals surface area contributed by atoms with Crippen LogP contribution in [-0.2, 0) is 12.8 Å². The molecule has 1 aromatic carbocycles. The minimum Gasteiger partial charge on any atom is -0.496 e. The van der Waals surface area contributed by atoms with Crippen molar-refractivity contribution in [1.29, 1.82) is 0 Å². The Labute approximate surface area is 151 Å². The maximum Gasteiger partial charge on any atom is 0.277 e. The zero-order valence-electron chi connectivity index (χ0n) is 14.8. The van der Waals surface area contributed by atoms with Gasteiger partial charge in [0.2, 0.25) is 0 Å². The van der Waals surface area contributed by atoms with Crippen molar-refractivity contribution in [3.63, 3.8) is 0 Å². The third-order valence-corrected chi connectivity index (χ3v) is 5.10. The first-order valence-corrected chi connectivity index (χ1v) is 8.70. The largest absolute Gasteiger partial charge is 0.496 e. The maximum atomic E-state index is 12.8. The van der Waals surface area contributed by atoms with Crippen LogP contribution in [0, 0.1) is 6.92 Å². The van der Waals surface area contributed by atoms with Gasteiger partial charge in [0, 0.05) is 18.0 Å². The van der Waals surface area contributed by atoms with E-state index in [1.807, 2.05) is 12.1 Å². The van der Waals surface area contributed by atoms with Gasteiger partial charge in [-0.15, -0.1) is 0 Å². The molecule has 0 fully saturated rings. The predicted molar refractivity (Wildman–Crippen MR) is 97.9 cm³/mol. The molecule has 1 aliphatic carbocycles. The predicted octanol–water partition coefficient (Wildman–Crippen LogP) is 2.61. The molecule has 1 aliphatic rings. The number of fused-ring (bicyclic) bond motifs is 1. The zero-order chi connectivity index (χ0) is 18.1. The highest BCUT2D eigenvalue weighted by atomic mass is 16.5. The van der Waals surface area contributed by atoms with Crippen LogP contribution in [0.2, 0.25) is 0 Å². The van der Waals surface area contributed by atoms with Gasteiger partial charge in [0.1, 0.15) is 5.75 Å². The average molecular weight is 348 g/mol. The maximum absolute atomic E-state index is 12.8. The first kappa shape index (κ1) is 16.4. The Morgan fingerprint density at radius 1 is 1.19 bits per heavy atom. The van der Waals surface area contributed by atoms with Crippen LogP contribution < -0.4 is 10.3 Å². The van der Waals surface area contributed by atoms with E-state index in [0.717, 1.165) is 36.1 Å². The molecule has 6 heteroatoms. The van der Waals surface area contributed by atoms with Gasteiger partial charge in [-0.3, -0.25) is 4.79 Å². The van der Waals surface area contributed by atoms with E-state index in [-0.39, 0.29) is 5.56 Å². The van der Waals surface area contributed by atoms with E-state index < -0.39 is 0 Å². The van der Waals surface area contributed by atoms with Crippen molar-refractivity contribution in [2.45, 2.75) is 32.1 Å². The summed E-state index contributed by atoms with van der Waals surface area (Å²) in [4.78, 5) is 21.1. The fourth-order valence-corrected chi connectivity index (χ4v) is 3.76. The summed E-state index contributed by atoms with van der Waals surface area (Å²) in [5.41, 5.74) is 4.17. The van der Waals surface area contributed by atoms with E-state index in [1.54, 1.807) is 31.8 Å². The van der Waals surface area contributed by atoms with Crippen molar-refractivity contribution in [2.24, 2.45) is 0 Å². The highest BCUT2D eigenvalue weighted by molar-refractivity contribution is 5.43. The van der Waals surface area contributed by atoms with E-state index in [9.17, 15) is 4.79 Å². The van der Waals surface area contributed by atoms with Crippen LogP contribution in [0.15, 0.2) is 47.7 Å². The topological polar surface area (TPSA) is 69.9 Å². The number of hydrogen-bond donors (Lipinski definition) is 0. The lowest BCUT2D eigenvalue weighted by Crippen LogP contribution is -2.30. The number of nitrogens with zero attached hydrogens (tertiary/aromatic N) is 4. The highest BCUT2D eigenvalue weighted by Crippen LogP contribution is 2.35. The van der Waals surface area contributed by atoms with E-state index >= 15 is 0 Å². The van der Waals surface area contributed by atoms with Crippen LogP contribution in [0.25, 0.3) is 5.95 Å². The molecule has 132 valence electrons. The molecule has 0 saturated heterocycles. The SMILES string of the molecule is COc1cccc(C2CCc3c(cnn(-c4ncccn4)c3=O)C2)c1C. The summed E-state index contributed by atoms with van der Waals surface area (Å²) in [6.45, 7) is 2.09. The van der Waals surface area contributed by atoms with Crippen LogP contribution in [-0.4, -0.2) is 26.9 Å². The summed E-state index contributed by atoms with van der Waals surface area (Å²) < 4.78 is 6.74. The Bertz CT molecular complexity index is 998. The fraction of sp³-hybridized carbons (Fsp3) is 0.300. The number of benzene rings is 1. The Kier molecular flexibility index (Phi) is 4.24. The Balaban J connectivity index is 1.69. The third-order valence-electron chi connectivity index (χ3n) is 5.10. The Morgan fingerprint density at radius 2 is 2.00 bits per heavy atom. The van der Waals surface area contributed by atoms with Gasteiger partial charge in [0.25, 0.3) is 11.5 Å². The van der Waals surface area contributed by atoms with Gasteiger partial charge in [-0.1, -0.05) is 12.1 Å². The van der Waals surface area contributed by atoms with Gasteiger partial charge < -0.3 is 4.74 Å². The first-order chi connectivity index (χ1) is 12.7. The average Bonchev–Trinajstić information content (AvgIpc) is 2.69. The van der Waals surface area contributed by atoms with Crippen LogP contribution in [0.4, 0.5) is 0 Å². The molecule has 3 aromatic rings. The normalized spacial score (nSPS) is 16.2. The quantitative estimate of drug-likeness (QED) is 0.728. The van der Waals surface area contributed by atoms with Gasteiger partial charge >= 0.3 is 0 Å². The molecular weight excluding hydrogens is 328 g/mol. The summed E-state index contributed by atoms with van der Waals surface area (Å²) in [6, 6.07) is 7.88. The second-order valence-corrected chi connectivity index (χ2v) is 6.53. The molecule has 0 saturated carbocycles. The van der Waals surface area contributed by atoms with Crippen LogP contribution in [0.5, 0.6) is 5.75 Å². The minimum absolute atomic E-state index is 0.116. The van der Waals surface area contributed by atoms with Crippen molar-refractivity contribution >= 4 is 0 Å². The lowest BCUT2D eigenvalue weighted by atomic mass is 9.79. The van der Waals surface area contributed by atoms with E-state index in [1.165, 1.54) is 15.8 Å². The van der Waals surface area contributed by atoms with E-state index in [0.29, 0.717) is 11.9 Å². The summed E-state index contributed by atoms with van der Waals surface area (Å²) in [6.07, 6.45) is 7.46. The molecular formula is C20H20N4O2. The van der Waals surface area contributed by atoms with Crippen molar-refractivity contribution in [1.82, 2.24) is 19.7 Å². The Morgan fingerprint density at radius 3 is 2.77 bits per heavy atom. The molecule has 0 aliphatic heterocycles. The second-order valence-electron chi connectivity index (χ2n) is 6.53.